The summed E-state index contributed by atoms with van der Waals surface area (Å²) < 4.78 is 6.45. The molecule has 0 aromatic carbocycles. The second-order valence-corrected chi connectivity index (χ2v) is 7.82. The van der Waals surface area contributed by atoms with Gasteiger partial charge >= 0.3 is 0 Å². The molecule has 1 saturated heterocycles. The number of rotatable bonds is 4. The van der Waals surface area contributed by atoms with Gasteiger partial charge < -0.3 is 10.1 Å². The van der Waals surface area contributed by atoms with Crippen molar-refractivity contribution in [2.45, 2.75) is 87.2 Å². The van der Waals surface area contributed by atoms with Gasteiger partial charge in [0.25, 0.3) is 0 Å². The summed E-state index contributed by atoms with van der Waals surface area (Å²) in [4.78, 5) is 0. The van der Waals surface area contributed by atoms with Gasteiger partial charge in [-0.3, -0.25) is 0 Å². The Morgan fingerprint density at radius 3 is 2.68 bits per heavy atom. The standard InChI is InChI=1S/C16H29NOS/c1-19-15-7-5-6-14(15)17-12-13-8-11-16(18-13)9-3-2-4-10-16/h13-15,17H,2-12H2,1H3. The molecule has 3 heteroatoms. The van der Waals surface area contributed by atoms with Crippen molar-refractivity contribution >= 4 is 11.8 Å². The minimum Gasteiger partial charge on any atom is -0.370 e. The lowest BCUT2D eigenvalue weighted by molar-refractivity contribution is -0.0628. The largest absolute Gasteiger partial charge is 0.370 e. The number of thioether (sulfide) groups is 1. The highest BCUT2D eigenvalue weighted by atomic mass is 32.2. The topological polar surface area (TPSA) is 21.3 Å². The Kier molecular flexibility index (Phi) is 4.76. The lowest BCUT2D eigenvalue weighted by Crippen LogP contribution is -2.40. The van der Waals surface area contributed by atoms with Crippen LogP contribution in [0.25, 0.3) is 0 Å². The average Bonchev–Trinajstić information content (AvgIpc) is 3.04. The van der Waals surface area contributed by atoms with E-state index in [1.54, 1.807) is 0 Å². The van der Waals surface area contributed by atoms with Gasteiger partial charge in [0.1, 0.15) is 0 Å². The Morgan fingerprint density at radius 2 is 1.89 bits per heavy atom. The fraction of sp³-hybridized carbons (Fsp3) is 1.00. The van der Waals surface area contributed by atoms with E-state index < -0.39 is 0 Å². The third kappa shape index (κ3) is 3.30. The van der Waals surface area contributed by atoms with Gasteiger partial charge in [0.15, 0.2) is 0 Å². The van der Waals surface area contributed by atoms with Gasteiger partial charge in [0.05, 0.1) is 11.7 Å². The second-order valence-electron chi connectivity index (χ2n) is 6.74. The SMILES string of the molecule is CSC1CCCC1NCC1CCC2(CCCCC2)O1. The molecule has 2 nitrogen and oxygen atoms in total. The van der Waals surface area contributed by atoms with Crippen LogP contribution in [-0.4, -0.2) is 35.8 Å². The summed E-state index contributed by atoms with van der Waals surface area (Å²) >= 11 is 2.04. The molecule has 3 fully saturated rings. The fourth-order valence-corrected chi connectivity index (χ4v) is 5.29. The predicted octanol–water partition coefficient (Wildman–Crippen LogP) is 3.74. The van der Waals surface area contributed by atoms with Gasteiger partial charge in [-0.25, -0.2) is 0 Å². The predicted molar refractivity (Wildman–Crippen MR) is 82.9 cm³/mol. The van der Waals surface area contributed by atoms with Crippen molar-refractivity contribution in [2.24, 2.45) is 0 Å². The monoisotopic (exact) mass is 283 g/mol. The lowest BCUT2D eigenvalue weighted by atomic mass is 9.83. The second kappa shape index (κ2) is 6.36. The smallest absolute Gasteiger partial charge is 0.0708 e. The van der Waals surface area contributed by atoms with E-state index in [1.165, 1.54) is 64.2 Å². The first-order valence-electron chi connectivity index (χ1n) is 8.25. The van der Waals surface area contributed by atoms with Gasteiger partial charge in [0.2, 0.25) is 0 Å². The zero-order valence-electron chi connectivity index (χ0n) is 12.3. The Balaban J connectivity index is 1.44. The molecule has 0 radical (unpaired) electrons. The Morgan fingerprint density at radius 1 is 1.05 bits per heavy atom. The minimum absolute atomic E-state index is 0.291. The maximum Gasteiger partial charge on any atom is 0.0708 e. The van der Waals surface area contributed by atoms with E-state index in [0.29, 0.717) is 11.7 Å². The third-order valence-electron chi connectivity index (χ3n) is 5.47. The first-order chi connectivity index (χ1) is 9.31. The highest BCUT2D eigenvalue weighted by Gasteiger charge is 2.40. The highest BCUT2D eigenvalue weighted by Crippen LogP contribution is 2.41. The summed E-state index contributed by atoms with van der Waals surface area (Å²) in [6.07, 6.45) is 16.3. The first kappa shape index (κ1) is 14.2. The van der Waals surface area contributed by atoms with Crippen molar-refractivity contribution < 1.29 is 4.74 Å². The van der Waals surface area contributed by atoms with Gasteiger partial charge in [0, 0.05) is 17.8 Å². The summed E-state index contributed by atoms with van der Waals surface area (Å²) in [6, 6.07) is 0.738. The highest BCUT2D eigenvalue weighted by molar-refractivity contribution is 7.99. The summed E-state index contributed by atoms with van der Waals surface area (Å²) in [6.45, 7) is 1.09. The molecule has 3 unspecified atom stereocenters. The molecular weight excluding hydrogens is 254 g/mol. The molecule has 0 aromatic heterocycles. The molecule has 1 N–H and O–H groups in total. The van der Waals surface area contributed by atoms with Crippen molar-refractivity contribution in [1.82, 2.24) is 5.32 Å². The van der Waals surface area contributed by atoms with E-state index in [0.717, 1.165) is 17.8 Å². The minimum atomic E-state index is 0.291. The van der Waals surface area contributed by atoms with E-state index in [2.05, 4.69) is 11.6 Å². The Labute approximate surface area is 122 Å². The molecule has 1 spiro atoms. The molecule has 0 bridgehead atoms. The summed E-state index contributed by atoms with van der Waals surface area (Å²) in [7, 11) is 0. The zero-order chi connectivity index (χ0) is 13.1. The number of hydrogen-bond donors (Lipinski definition) is 1. The van der Waals surface area contributed by atoms with Crippen molar-refractivity contribution in [3.63, 3.8) is 0 Å². The molecule has 2 saturated carbocycles. The molecule has 2 aliphatic carbocycles. The molecular formula is C16H29NOS. The fourth-order valence-electron chi connectivity index (χ4n) is 4.33. The van der Waals surface area contributed by atoms with E-state index >= 15 is 0 Å². The lowest BCUT2D eigenvalue weighted by Gasteiger charge is -2.33. The molecule has 3 aliphatic rings. The van der Waals surface area contributed by atoms with Crippen LogP contribution in [0.15, 0.2) is 0 Å². The van der Waals surface area contributed by atoms with E-state index in [9.17, 15) is 0 Å². The van der Waals surface area contributed by atoms with Crippen LogP contribution in [0.2, 0.25) is 0 Å². The van der Waals surface area contributed by atoms with Crippen LogP contribution in [0.4, 0.5) is 0 Å². The van der Waals surface area contributed by atoms with Crippen LogP contribution in [0.1, 0.15) is 64.2 Å². The maximum absolute atomic E-state index is 6.45. The van der Waals surface area contributed by atoms with Crippen molar-refractivity contribution in [3.05, 3.63) is 0 Å². The quantitative estimate of drug-likeness (QED) is 0.849. The average molecular weight is 283 g/mol. The van der Waals surface area contributed by atoms with Crippen molar-refractivity contribution in [3.8, 4) is 0 Å². The van der Waals surface area contributed by atoms with Crippen molar-refractivity contribution in [1.29, 1.82) is 0 Å². The molecule has 19 heavy (non-hydrogen) atoms. The molecule has 0 amide bonds. The normalized spacial score (nSPS) is 38.1. The van der Waals surface area contributed by atoms with E-state index in [-0.39, 0.29) is 0 Å². The summed E-state index contributed by atoms with van der Waals surface area (Å²) in [5.41, 5.74) is 0.291. The number of ether oxygens (including phenoxy) is 1. The summed E-state index contributed by atoms with van der Waals surface area (Å²) in [5, 5.41) is 4.64. The van der Waals surface area contributed by atoms with Crippen LogP contribution in [0.3, 0.4) is 0 Å². The summed E-state index contributed by atoms with van der Waals surface area (Å²) in [5.74, 6) is 0. The molecule has 0 aromatic rings. The first-order valence-corrected chi connectivity index (χ1v) is 9.54. The van der Waals surface area contributed by atoms with Gasteiger partial charge in [-0.1, -0.05) is 25.7 Å². The van der Waals surface area contributed by atoms with Gasteiger partial charge in [-0.15, -0.1) is 0 Å². The van der Waals surface area contributed by atoms with Crippen LogP contribution >= 0.6 is 11.8 Å². The molecule has 3 atom stereocenters. The molecule has 1 aliphatic heterocycles. The molecule has 1 heterocycles. The van der Waals surface area contributed by atoms with E-state index in [4.69, 9.17) is 4.74 Å². The van der Waals surface area contributed by atoms with Crippen LogP contribution in [0, 0.1) is 0 Å². The van der Waals surface area contributed by atoms with Gasteiger partial charge in [-0.2, -0.15) is 11.8 Å². The van der Waals surface area contributed by atoms with E-state index in [1.807, 2.05) is 11.8 Å². The Bertz CT molecular complexity index is 290. The van der Waals surface area contributed by atoms with Crippen LogP contribution < -0.4 is 5.32 Å². The van der Waals surface area contributed by atoms with Crippen LogP contribution in [0.5, 0.6) is 0 Å². The molecule has 110 valence electrons. The van der Waals surface area contributed by atoms with Crippen molar-refractivity contribution in [2.75, 3.05) is 12.8 Å². The molecule has 3 rings (SSSR count). The maximum atomic E-state index is 6.45. The number of hydrogen-bond acceptors (Lipinski definition) is 3. The van der Waals surface area contributed by atoms with Gasteiger partial charge in [-0.05, 0) is 44.8 Å². The zero-order valence-corrected chi connectivity index (χ0v) is 13.1. The van der Waals surface area contributed by atoms with Crippen LogP contribution in [-0.2, 0) is 4.74 Å². The Hall–Kier alpha value is 0.270. The third-order valence-corrected chi connectivity index (χ3v) is 6.64. The number of nitrogens with one attached hydrogen (secondary N) is 1.